The van der Waals surface area contributed by atoms with Crippen molar-refractivity contribution in [3.05, 3.63) is 193 Å². The van der Waals surface area contributed by atoms with E-state index in [9.17, 15) is 0 Å². The number of aromatic nitrogens is 2. The van der Waals surface area contributed by atoms with E-state index in [1.54, 1.807) is 0 Å². The molecule has 0 saturated heterocycles. The SMILES string of the molecule is C1=CC(n2c3ccccc3c3ccccc32)Cc2c1oc1ccc(-c3cccc(-c4ccc5oc6ccc(-n7c8ccccc8c8ccccc87)cc6c5c4)c3)cc21. The van der Waals surface area contributed by atoms with Gasteiger partial charge < -0.3 is 18.0 Å². The Hall–Kier alpha value is -7.56. The van der Waals surface area contributed by atoms with Crippen LogP contribution in [0.25, 0.3) is 111 Å². The van der Waals surface area contributed by atoms with Crippen molar-refractivity contribution in [2.75, 3.05) is 0 Å². The van der Waals surface area contributed by atoms with Crippen molar-refractivity contribution in [2.24, 2.45) is 0 Å². The average molecular weight is 743 g/mol. The molecule has 58 heavy (non-hydrogen) atoms. The molecule has 0 bridgehead atoms. The maximum atomic E-state index is 6.45. The molecule has 4 heteroatoms. The molecule has 0 fully saturated rings. The van der Waals surface area contributed by atoms with Crippen LogP contribution in [0.15, 0.2) is 191 Å². The van der Waals surface area contributed by atoms with E-state index in [4.69, 9.17) is 8.83 Å². The number of fused-ring (bicyclic) bond motifs is 12. The number of benzene rings is 8. The minimum Gasteiger partial charge on any atom is -0.456 e. The van der Waals surface area contributed by atoms with Gasteiger partial charge in [0.15, 0.2) is 0 Å². The van der Waals surface area contributed by atoms with Crippen LogP contribution in [0.5, 0.6) is 0 Å². The number of allylic oxidation sites excluding steroid dienone is 1. The number of rotatable bonds is 4. The Morgan fingerprint density at radius 2 is 0.897 bits per heavy atom. The molecule has 0 N–H and O–H groups in total. The Labute approximate surface area is 333 Å². The van der Waals surface area contributed by atoms with Gasteiger partial charge >= 0.3 is 0 Å². The minimum absolute atomic E-state index is 0.178. The van der Waals surface area contributed by atoms with Gasteiger partial charge in [-0.2, -0.15) is 0 Å². The van der Waals surface area contributed by atoms with Gasteiger partial charge in [-0.05, 0) is 101 Å². The van der Waals surface area contributed by atoms with Gasteiger partial charge in [-0.15, -0.1) is 0 Å². The van der Waals surface area contributed by atoms with Gasteiger partial charge in [-0.3, -0.25) is 0 Å². The first kappa shape index (κ1) is 31.6. The maximum absolute atomic E-state index is 6.45. The second kappa shape index (κ2) is 12.0. The molecule has 12 aromatic rings. The highest BCUT2D eigenvalue weighted by Gasteiger charge is 2.25. The van der Waals surface area contributed by atoms with E-state index in [0.717, 1.165) is 56.5 Å². The van der Waals surface area contributed by atoms with Crippen LogP contribution in [-0.4, -0.2) is 9.13 Å². The normalized spacial score (nSPS) is 14.2. The maximum Gasteiger partial charge on any atom is 0.135 e. The van der Waals surface area contributed by atoms with E-state index in [1.165, 1.54) is 65.7 Å². The number of nitrogens with zero attached hydrogens (tertiary/aromatic N) is 2. The third-order valence-electron chi connectivity index (χ3n) is 12.5. The molecule has 0 spiro atoms. The number of para-hydroxylation sites is 4. The molecule has 8 aromatic carbocycles. The van der Waals surface area contributed by atoms with Crippen molar-refractivity contribution in [2.45, 2.75) is 12.5 Å². The fourth-order valence-corrected chi connectivity index (χ4v) is 9.82. The summed E-state index contributed by atoms with van der Waals surface area (Å²) in [7, 11) is 0. The summed E-state index contributed by atoms with van der Waals surface area (Å²) in [4.78, 5) is 0. The van der Waals surface area contributed by atoms with Crippen molar-refractivity contribution in [1.29, 1.82) is 0 Å². The number of hydrogen-bond donors (Lipinski definition) is 0. The van der Waals surface area contributed by atoms with Crippen molar-refractivity contribution < 1.29 is 8.83 Å². The summed E-state index contributed by atoms with van der Waals surface area (Å²) < 4.78 is 17.7. The van der Waals surface area contributed by atoms with Crippen LogP contribution in [0.2, 0.25) is 0 Å². The first-order valence-corrected chi connectivity index (χ1v) is 20.0. The zero-order valence-electron chi connectivity index (χ0n) is 31.4. The van der Waals surface area contributed by atoms with E-state index in [1.807, 2.05) is 0 Å². The van der Waals surface area contributed by atoms with Gasteiger partial charge in [0.25, 0.3) is 0 Å². The summed E-state index contributed by atoms with van der Waals surface area (Å²) >= 11 is 0. The van der Waals surface area contributed by atoms with Gasteiger partial charge in [0.1, 0.15) is 22.5 Å². The van der Waals surface area contributed by atoms with Crippen LogP contribution in [0.1, 0.15) is 17.4 Å². The molecule has 0 amide bonds. The van der Waals surface area contributed by atoms with Gasteiger partial charge in [0.2, 0.25) is 0 Å². The second-order valence-corrected chi connectivity index (χ2v) is 15.6. The summed E-state index contributed by atoms with van der Waals surface area (Å²) in [5, 5.41) is 8.49. The zero-order valence-corrected chi connectivity index (χ0v) is 31.4. The summed E-state index contributed by atoms with van der Waals surface area (Å²) in [5.74, 6) is 0.958. The number of hydrogen-bond acceptors (Lipinski definition) is 2. The first-order chi connectivity index (χ1) is 28.7. The molecule has 4 nitrogen and oxygen atoms in total. The summed E-state index contributed by atoms with van der Waals surface area (Å²) in [5.41, 5.74) is 14.7. The Bertz CT molecular complexity index is 3570. The van der Waals surface area contributed by atoms with Gasteiger partial charge in [-0.25, -0.2) is 0 Å². The summed E-state index contributed by atoms with van der Waals surface area (Å²) in [6.07, 6.45) is 5.34. The Balaban J connectivity index is 0.878. The molecule has 1 aliphatic rings. The average Bonchev–Trinajstić information content (AvgIpc) is 4.03. The zero-order chi connectivity index (χ0) is 37.9. The van der Waals surface area contributed by atoms with Crippen molar-refractivity contribution >= 4 is 82.6 Å². The fraction of sp³-hybridized carbons (Fsp3) is 0.0370. The predicted octanol–water partition coefficient (Wildman–Crippen LogP) is 14.7. The highest BCUT2D eigenvalue weighted by atomic mass is 16.3. The minimum atomic E-state index is 0.178. The first-order valence-electron chi connectivity index (χ1n) is 20.0. The van der Waals surface area contributed by atoms with Crippen molar-refractivity contribution in [3.63, 3.8) is 0 Å². The van der Waals surface area contributed by atoms with Crippen LogP contribution >= 0.6 is 0 Å². The molecule has 4 aromatic heterocycles. The Kier molecular flexibility index (Phi) is 6.53. The van der Waals surface area contributed by atoms with Crippen molar-refractivity contribution in [1.82, 2.24) is 9.13 Å². The molecule has 0 radical (unpaired) electrons. The largest absolute Gasteiger partial charge is 0.456 e. The standard InChI is InChI=1S/C54H34N2O2/c1-5-16-47-39(12-1)40-13-2-6-17-48(40)55(47)37-22-26-53-45(31-37)43-29-35(20-24-51(43)57-53)33-10-9-11-34(28-33)36-21-25-52-44(30-36)46-32-38(23-27-54(46)58-52)56-49-18-7-3-14-41(49)42-15-4-8-19-50(42)56/h1-31,38H,32H2. The van der Waals surface area contributed by atoms with Crippen LogP contribution < -0.4 is 0 Å². The van der Waals surface area contributed by atoms with E-state index in [0.29, 0.717) is 0 Å². The lowest BCUT2D eigenvalue weighted by Crippen LogP contribution is -2.12. The third-order valence-corrected chi connectivity index (χ3v) is 12.5. The lowest BCUT2D eigenvalue weighted by molar-refractivity contribution is 0.572. The van der Waals surface area contributed by atoms with Crippen molar-refractivity contribution in [3.8, 4) is 27.9 Å². The van der Waals surface area contributed by atoms with E-state index >= 15 is 0 Å². The van der Waals surface area contributed by atoms with Crippen LogP contribution in [-0.2, 0) is 6.42 Å². The fourth-order valence-electron chi connectivity index (χ4n) is 9.82. The second-order valence-electron chi connectivity index (χ2n) is 15.6. The summed E-state index contributed by atoms with van der Waals surface area (Å²) in [6.45, 7) is 0. The molecule has 0 aliphatic heterocycles. The molecule has 4 heterocycles. The monoisotopic (exact) mass is 742 g/mol. The topological polar surface area (TPSA) is 36.1 Å². The molecule has 0 saturated carbocycles. The van der Waals surface area contributed by atoms with Gasteiger partial charge in [-0.1, -0.05) is 109 Å². The Morgan fingerprint density at radius 1 is 0.397 bits per heavy atom. The molecular weight excluding hydrogens is 709 g/mol. The molecule has 1 unspecified atom stereocenters. The van der Waals surface area contributed by atoms with Crippen LogP contribution in [0.4, 0.5) is 0 Å². The lowest BCUT2D eigenvalue weighted by atomic mass is 9.94. The lowest BCUT2D eigenvalue weighted by Gasteiger charge is -2.21. The van der Waals surface area contributed by atoms with Gasteiger partial charge in [0, 0.05) is 66.4 Å². The smallest absolute Gasteiger partial charge is 0.135 e. The van der Waals surface area contributed by atoms with Gasteiger partial charge in [0.05, 0.1) is 17.1 Å². The highest BCUT2D eigenvalue weighted by Crippen LogP contribution is 2.41. The third kappa shape index (κ3) is 4.57. The predicted molar refractivity (Wildman–Crippen MR) is 240 cm³/mol. The van der Waals surface area contributed by atoms with E-state index in [-0.39, 0.29) is 6.04 Å². The molecule has 272 valence electrons. The molecule has 1 atom stereocenters. The molecular formula is C54H34N2O2. The van der Waals surface area contributed by atoms with Crippen LogP contribution in [0, 0.1) is 0 Å². The molecule has 13 rings (SSSR count). The molecule has 1 aliphatic carbocycles. The summed E-state index contributed by atoms with van der Waals surface area (Å²) in [6, 6.07) is 63.7. The number of furan rings is 2. The van der Waals surface area contributed by atoms with E-state index in [2.05, 4.69) is 197 Å². The van der Waals surface area contributed by atoms with Crippen LogP contribution in [0.3, 0.4) is 0 Å². The van der Waals surface area contributed by atoms with E-state index < -0.39 is 0 Å². The Morgan fingerprint density at radius 3 is 1.53 bits per heavy atom. The highest BCUT2D eigenvalue weighted by molar-refractivity contribution is 6.11. The quantitative estimate of drug-likeness (QED) is 0.180.